The van der Waals surface area contributed by atoms with E-state index < -0.39 is 0 Å². The summed E-state index contributed by atoms with van der Waals surface area (Å²) in [5.74, 6) is 0.0312. The minimum absolute atomic E-state index is 0.0312. The normalized spacial score (nSPS) is 11.2. The third-order valence-electron chi connectivity index (χ3n) is 5.52. The maximum absolute atomic E-state index is 13.1. The van der Waals surface area contributed by atoms with Crippen LogP contribution in [0.1, 0.15) is 28.5 Å². The number of hydrogen-bond donors (Lipinski definition) is 0. The number of fused-ring (bicyclic) bond motifs is 1. The van der Waals surface area contributed by atoms with Crippen LogP contribution in [0, 0.1) is 0 Å². The van der Waals surface area contributed by atoms with Crippen molar-refractivity contribution in [2.75, 3.05) is 26.8 Å². The minimum atomic E-state index is 0.0312. The molecule has 0 saturated carbocycles. The number of carbonyl (C=O) groups is 1. The zero-order valence-corrected chi connectivity index (χ0v) is 19.8. The summed E-state index contributed by atoms with van der Waals surface area (Å²) in [4.78, 5) is 20.7. The molecular weight excluding hydrogens is 442 g/mol. The van der Waals surface area contributed by atoms with Gasteiger partial charge >= 0.3 is 0 Å². The quantitative estimate of drug-likeness (QED) is 0.321. The highest BCUT2D eigenvalue weighted by Gasteiger charge is 2.17. The Hall–Kier alpha value is -2.67. The monoisotopic (exact) mass is 467 g/mol. The molecule has 2 aromatic heterocycles. The first kappa shape index (κ1) is 22.5. The topological polar surface area (TPSA) is 46.8 Å². The molecule has 7 heteroatoms. The number of hydrogen-bond acceptors (Lipinski definition) is 4. The van der Waals surface area contributed by atoms with Crippen molar-refractivity contribution >= 4 is 33.8 Å². The lowest BCUT2D eigenvalue weighted by Crippen LogP contribution is -2.35. The Morgan fingerprint density at radius 2 is 1.88 bits per heavy atom. The van der Waals surface area contributed by atoms with Crippen molar-refractivity contribution in [2.24, 2.45) is 0 Å². The molecule has 32 heavy (non-hydrogen) atoms. The molecule has 0 saturated heterocycles. The molecule has 0 aliphatic heterocycles. The second-order valence-corrected chi connectivity index (χ2v) is 8.87. The van der Waals surface area contributed by atoms with Gasteiger partial charge in [0, 0.05) is 60.0 Å². The fourth-order valence-corrected chi connectivity index (χ4v) is 4.63. The molecule has 0 atom stereocenters. The number of aryl methyl sites for hydroxylation is 1. The highest BCUT2D eigenvalue weighted by atomic mass is 35.5. The number of carbonyl (C=O) groups excluding carboxylic acids is 1. The SMILES string of the molecule is CCc1ccc(C(=O)N(CCOC)CCc2csc3nc(-c4ccc(Cl)cc4)cn23)cc1. The van der Waals surface area contributed by atoms with Gasteiger partial charge in [0.2, 0.25) is 0 Å². The Labute approximate surface area is 197 Å². The molecule has 5 nitrogen and oxygen atoms in total. The lowest BCUT2D eigenvalue weighted by molar-refractivity contribution is 0.0697. The largest absolute Gasteiger partial charge is 0.383 e. The molecule has 0 N–H and O–H groups in total. The number of aromatic nitrogens is 2. The van der Waals surface area contributed by atoms with Crippen LogP contribution >= 0.6 is 22.9 Å². The van der Waals surface area contributed by atoms with Gasteiger partial charge in [0.15, 0.2) is 4.96 Å². The molecule has 1 amide bonds. The van der Waals surface area contributed by atoms with Crippen molar-refractivity contribution in [1.29, 1.82) is 0 Å². The van der Waals surface area contributed by atoms with Crippen LogP contribution in [-0.4, -0.2) is 47.0 Å². The average molecular weight is 468 g/mol. The van der Waals surface area contributed by atoms with E-state index in [-0.39, 0.29) is 5.91 Å². The Morgan fingerprint density at radius 3 is 2.56 bits per heavy atom. The van der Waals surface area contributed by atoms with Crippen molar-refractivity contribution < 1.29 is 9.53 Å². The number of methoxy groups -OCH3 is 1. The van der Waals surface area contributed by atoms with Crippen molar-refractivity contribution in [3.05, 3.63) is 82.0 Å². The maximum atomic E-state index is 13.1. The van der Waals surface area contributed by atoms with Gasteiger partial charge < -0.3 is 9.64 Å². The fraction of sp³-hybridized carbons (Fsp3) is 0.280. The third-order valence-corrected chi connectivity index (χ3v) is 6.66. The molecule has 0 bridgehead atoms. The first-order valence-corrected chi connectivity index (χ1v) is 11.9. The number of imidazole rings is 1. The molecule has 166 valence electrons. The summed E-state index contributed by atoms with van der Waals surface area (Å²) < 4.78 is 7.36. The van der Waals surface area contributed by atoms with E-state index in [1.165, 1.54) is 5.56 Å². The Kier molecular flexibility index (Phi) is 7.25. The van der Waals surface area contributed by atoms with E-state index in [0.717, 1.165) is 34.8 Å². The number of thiazole rings is 1. The van der Waals surface area contributed by atoms with Gasteiger partial charge in [-0.25, -0.2) is 4.98 Å². The molecule has 4 aromatic rings. The minimum Gasteiger partial charge on any atom is -0.383 e. The van der Waals surface area contributed by atoms with Crippen LogP contribution in [0.4, 0.5) is 0 Å². The number of ether oxygens (including phenoxy) is 1. The lowest BCUT2D eigenvalue weighted by Gasteiger charge is -2.22. The van der Waals surface area contributed by atoms with Gasteiger partial charge in [0.05, 0.1) is 12.3 Å². The predicted molar refractivity (Wildman–Crippen MR) is 131 cm³/mol. The summed E-state index contributed by atoms with van der Waals surface area (Å²) in [6.07, 6.45) is 3.74. The number of benzene rings is 2. The summed E-state index contributed by atoms with van der Waals surface area (Å²) in [6, 6.07) is 15.6. The zero-order chi connectivity index (χ0) is 22.5. The molecule has 2 aromatic carbocycles. The molecule has 0 fully saturated rings. The highest BCUT2D eigenvalue weighted by Crippen LogP contribution is 2.25. The smallest absolute Gasteiger partial charge is 0.253 e. The molecule has 0 radical (unpaired) electrons. The van der Waals surface area contributed by atoms with Crippen LogP contribution in [0.5, 0.6) is 0 Å². The molecule has 0 aliphatic carbocycles. The molecule has 0 aliphatic rings. The van der Waals surface area contributed by atoms with E-state index in [1.54, 1.807) is 18.4 Å². The van der Waals surface area contributed by atoms with Crippen LogP contribution in [-0.2, 0) is 17.6 Å². The second-order valence-electron chi connectivity index (χ2n) is 7.60. The molecule has 0 unspecified atom stereocenters. The van der Waals surface area contributed by atoms with Gasteiger partial charge in [0.25, 0.3) is 5.91 Å². The summed E-state index contributed by atoms with van der Waals surface area (Å²) in [5.41, 5.74) is 5.01. The fourth-order valence-electron chi connectivity index (χ4n) is 3.60. The first-order valence-electron chi connectivity index (χ1n) is 10.7. The number of halogens is 1. The van der Waals surface area contributed by atoms with Gasteiger partial charge in [-0.05, 0) is 36.2 Å². The highest BCUT2D eigenvalue weighted by molar-refractivity contribution is 7.15. The van der Waals surface area contributed by atoms with Crippen LogP contribution in [0.2, 0.25) is 5.02 Å². The van der Waals surface area contributed by atoms with Gasteiger partial charge in [-0.1, -0.05) is 42.8 Å². The van der Waals surface area contributed by atoms with E-state index in [4.69, 9.17) is 21.3 Å². The van der Waals surface area contributed by atoms with Gasteiger partial charge in [-0.15, -0.1) is 11.3 Å². The zero-order valence-electron chi connectivity index (χ0n) is 18.3. The van der Waals surface area contributed by atoms with E-state index in [1.807, 2.05) is 53.4 Å². The van der Waals surface area contributed by atoms with Crippen molar-refractivity contribution in [3.63, 3.8) is 0 Å². The Morgan fingerprint density at radius 1 is 1.12 bits per heavy atom. The lowest BCUT2D eigenvalue weighted by atomic mass is 10.1. The molecule has 4 rings (SSSR count). The maximum Gasteiger partial charge on any atom is 0.253 e. The standard InChI is InChI=1S/C25H26ClN3O2S/c1-3-18-4-6-20(7-5-18)24(30)28(14-15-31-2)13-12-22-17-32-25-27-23(16-29(22)25)19-8-10-21(26)11-9-19/h4-11,16-17H,3,12-15H2,1-2H3. The van der Waals surface area contributed by atoms with E-state index in [9.17, 15) is 4.79 Å². The molecule has 0 spiro atoms. The molecular formula is C25H26ClN3O2S. The van der Waals surface area contributed by atoms with Gasteiger partial charge in [0.1, 0.15) is 0 Å². The van der Waals surface area contributed by atoms with Gasteiger partial charge in [-0.2, -0.15) is 0 Å². The van der Waals surface area contributed by atoms with E-state index in [2.05, 4.69) is 22.9 Å². The summed E-state index contributed by atoms with van der Waals surface area (Å²) in [5, 5.41) is 2.82. The second kappa shape index (κ2) is 10.3. The van der Waals surface area contributed by atoms with Crippen molar-refractivity contribution in [3.8, 4) is 11.3 Å². The van der Waals surface area contributed by atoms with Crippen molar-refractivity contribution in [2.45, 2.75) is 19.8 Å². The average Bonchev–Trinajstić information content (AvgIpc) is 3.41. The van der Waals surface area contributed by atoms with Crippen LogP contribution in [0.15, 0.2) is 60.1 Å². The van der Waals surface area contributed by atoms with Gasteiger partial charge in [-0.3, -0.25) is 9.20 Å². The Balaban J connectivity index is 1.50. The molecule has 2 heterocycles. The van der Waals surface area contributed by atoms with E-state index in [0.29, 0.717) is 30.3 Å². The van der Waals surface area contributed by atoms with E-state index >= 15 is 0 Å². The van der Waals surface area contributed by atoms with Crippen LogP contribution in [0.3, 0.4) is 0 Å². The van der Waals surface area contributed by atoms with Crippen LogP contribution < -0.4 is 0 Å². The summed E-state index contributed by atoms with van der Waals surface area (Å²) >= 11 is 7.62. The van der Waals surface area contributed by atoms with Crippen molar-refractivity contribution in [1.82, 2.24) is 14.3 Å². The predicted octanol–water partition coefficient (Wildman–Crippen LogP) is 5.61. The number of nitrogens with zero attached hydrogens (tertiary/aromatic N) is 3. The van der Waals surface area contributed by atoms with Crippen LogP contribution in [0.25, 0.3) is 16.2 Å². The Bertz CT molecular complexity index is 1180. The summed E-state index contributed by atoms with van der Waals surface area (Å²) in [7, 11) is 1.66. The number of rotatable bonds is 9. The third kappa shape index (κ3) is 5.04. The number of amides is 1. The first-order chi connectivity index (χ1) is 15.6. The summed E-state index contributed by atoms with van der Waals surface area (Å²) in [6.45, 7) is 3.78.